The number of ketones is 1. The Morgan fingerprint density at radius 1 is 1.16 bits per heavy atom. The monoisotopic (exact) mass is 419 g/mol. The minimum absolute atomic E-state index is 0.112. The molecule has 3 heterocycles. The molecule has 160 valence electrons. The van der Waals surface area contributed by atoms with Gasteiger partial charge in [-0.3, -0.25) is 14.6 Å². The van der Waals surface area contributed by atoms with Gasteiger partial charge in [-0.2, -0.15) is 0 Å². The summed E-state index contributed by atoms with van der Waals surface area (Å²) in [6, 6.07) is 9.15. The number of H-pyrrole nitrogens is 1. The van der Waals surface area contributed by atoms with Crippen LogP contribution in [0.15, 0.2) is 36.5 Å². The van der Waals surface area contributed by atoms with E-state index in [4.69, 9.17) is 4.74 Å². The molecular weight excluding hydrogens is 394 g/mol. The molecule has 31 heavy (non-hydrogen) atoms. The molecule has 1 N–H and O–H groups in total. The average molecular weight is 419 g/mol. The number of likely N-dealkylation sites (tertiary alicyclic amines) is 1. The highest BCUT2D eigenvalue weighted by atomic mass is 16.5. The Bertz CT molecular complexity index is 1160. The number of aromatic amines is 1. The first-order valence-corrected chi connectivity index (χ1v) is 10.6. The molecule has 1 aliphatic heterocycles. The minimum atomic E-state index is -0.565. The summed E-state index contributed by atoms with van der Waals surface area (Å²) in [5.41, 5.74) is 3.37. The number of Topliss-reactive ketones (excluding diaryl/α,β-unsaturated/α-hetero) is 1. The van der Waals surface area contributed by atoms with Crippen molar-refractivity contribution in [2.45, 2.75) is 33.1 Å². The van der Waals surface area contributed by atoms with E-state index in [-0.39, 0.29) is 11.7 Å². The molecule has 0 spiro atoms. The smallest absolute Gasteiger partial charge is 0.340 e. The molecule has 0 unspecified atom stereocenters. The molecule has 3 aromatic rings. The second-order valence-corrected chi connectivity index (χ2v) is 7.73. The van der Waals surface area contributed by atoms with Crippen molar-refractivity contribution in [2.24, 2.45) is 0 Å². The number of pyridine rings is 1. The molecule has 0 saturated carbocycles. The van der Waals surface area contributed by atoms with E-state index in [1.165, 1.54) is 12.3 Å². The number of nitrogens with one attached hydrogen (secondary N) is 1. The van der Waals surface area contributed by atoms with E-state index in [1.54, 1.807) is 4.90 Å². The van der Waals surface area contributed by atoms with Crippen molar-refractivity contribution in [3.63, 3.8) is 0 Å². The Balaban J connectivity index is 1.47. The number of ether oxygens (including phenoxy) is 1. The molecule has 0 atom stereocenters. The summed E-state index contributed by atoms with van der Waals surface area (Å²) >= 11 is 0. The molecule has 0 aliphatic carbocycles. The third-order valence-electron chi connectivity index (χ3n) is 5.73. The molecule has 1 saturated heterocycles. The number of nitrogens with zero attached hydrogens (tertiary/aromatic N) is 2. The number of hydrogen-bond acceptors (Lipinski definition) is 5. The number of para-hydroxylation sites is 1. The van der Waals surface area contributed by atoms with E-state index in [9.17, 15) is 14.4 Å². The quantitative estimate of drug-likeness (QED) is 0.486. The molecule has 1 fully saturated rings. The van der Waals surface area contributed by atoms with Gasteiger partial charge in [-0.05, 0) is 43.9 Å². The van der Waals surface area contributed by atoms with E-state index in [0.717, 1.165) is 42.4 Å². The van der Waals surface area contributed by atoms with Gasteiger partial charge in [-0.1, -0.05) is 25.1 Å². The third kappa shape index (κ3) is 4.08. The number of carbonyl (C=O) groups is 3. The van der Waals surface area contributed by atoms with Crippen LogP contribution in [0.25, 0.3) is 10.9 Å². The van der Waals surface area contributed by atoms with Gasteiger partial charge in [-0.15, -0.1) is 0 Å². The Morgan fingerprint density at radius 3 is 2.65 bits per heavy atom. The second kappa shape index (κ2) is 8.71. The van der Waals surface area contributed by atoms with E-state index in [1.807, 2.05) is 38.1 Å². The first-order valence-electron chi connectivity index (χ1n) is 10.6. The van der Waals surface area contributed by atoms with Crippen LogP contribution < -0.4 is 0 Å². The Labute approximate surface area is 180 Å². The fourth-order valence-electron chi connectivity index (χ4n) is 4.02. The summed E-state index contributed by atoms with van der Waals surface area (Å²) in [5, 5.41) is 0.883. The Kier molecular flexibility index (Phi) is 5.84. The van der Waals surface area contributed by atoms with Crippen molar-refractivity contribution in [1.29, 1.82) is 0 Å². The fraction of sp³-hybridized carbons (Fsp3) is 0.333. The number of esters is 1. The summed E-state index contributed by atoms with van der Waals surface area (Å²) in [5.74, 6) is -1.04. The minimum Gasteiger partial charge on any atom is -0.454 e. The van der Waals surface area contributed by atoms with Crippen molar-refractivity contribution in [3.05, 3.63) is 64.6 Å². The third-order valence-corrected chi connectivity index (χ3v) is 5.73. The highest BCUT2D eigenvalue weighted by Crippen LogP contribution is 2.24. The summed E-state index contributed by atoms with van der Waals surface area (Å²) < 4.78 is 5.35. The van der Waals surface area contributed by atoms with Crippen LogP contribution >= 0.6 is 0 Å². The predicted octanol–water partition coefficient (Wildman–Crippen LogP) is 3.71. The lowest BCUT2D eigenvalue weighted by molar-refractivity contribution is 0.0472. The normalized spacial score (nSPS) is 13.5. The predicted molar refractivity (Wildman–Crippen MR) is 116 cm³/mol. The first kappa shape index (κ1) is 20.8. The topological polar surface area (TPSA) is 92.4 Å². The number of fused-ring (bicyclic) bond motifs is 1. The van der Waals surface area contributed by atoms with Crippen LogP contribution in [0, 0.1) is 6.92 Å². The molecule has 1 amide bonds. The van der Waals surface area contributed by atoms with Crippen LogP contribution in [0.3, 0.4) is 0 Å². The summed E-state index contributed by atoms with van der Waals surface area (Å²) in [4.78, 5) is 47.0. The van der Waals surface area contributed by atoms with Gasteiger partial charge in [0.2, 0.25) is 5.78 Å². The van der Waals surface area contributed by atoms with E-state index in [0.29, 0.717) is 28.9 Å². The van der Waals surface area contributed by atoms with Gasteiger partial charge in [-0.25, -0.2) is 4.79 Å². The number of aromatic nitrogens is 2. The van der Waals surface area contributed by atoms with Crippen molar-refractivity contribution in [1.82, 2.24) is 14.9 Å². The fourth-order valence-corrected chi connectivity index (χ4v) is 4.02. The van der Waals surface area contributed by atoms with Gasteiger partial charge in [0.1, 0.15) is 5.69 Å². The second-order valence-electron chi connectivity index (χ2n) is 7.73. The summed E-state index contributed by atoms with van der Waals surface area (Å²) in [7, 11) is 0. The number of aryl methyl sites for hydroxylation is 2. The van der Waals surface area contributed by atoms with Gasteiger partial charge >= 0.3 is 5.97 Å². The van der Waals surface area contributed by atoms with Crippen LogP contribution in [0.1, 0.15) is 62.2 Å². The molecule has 2 aromatic heterocycles. The standard InChI is InChI=1S/C24H25N3O4/c1-3-18-22(15(2)17-8-4-5-9-19(17)26-18)24(30)31-14-21(28)16-12-20(25-13-16)23(29)27-10-6-7-11-27/h4-5,8-9,12-13,25H,3,6-7,10-11,14H2,1-2H3. The maximum atomic E-state index is 12.8. The van der Waals surface area contributed by atoms with Crippen molar-refractivity contribution >= 4 is 28.6 Å². The summed E-state index contributed by atoms with van der Waals surface area (Å²) in [6.45, 7) is 4.86. The highest BCUT2D eigenvalue weighted by Gasteiger charge is 2.23. The first-order chi connectivity index (χ1) is 15.0. The van der Waals surface area contributed by atoms with Gasteiger partial charge in [0, 0.05) is 30.2 Å². The number of carbonyl (C=O) groups excluding carboxylic acids is 3. The highest BCUT2D eigenvalue weighted by molar-refractivity contribution is 6.03. The number of amides is 1. The van der Waals surface area contributed by atoms with Crippen LogP contribution in [0.4, 0.5) is 0 Å². The van der Waals surface area contributed by atoms with Crippen molar-refractivity contribution < 1.29 is 19.1 Å². The lowest BCUT2D eigenvalue weighted by atomic mass is 10.0. The van der Waals surface area contributed by atoms with Gasteiger partial charge < -0.3 is 14.6 Å². The van der Waals surface area contributed by atoms with Crippen LogP contribution in [0.5, 0.6) is 0 Å². The Morgan fingerprint density at radius 2 is 1.90 bits per heavy atom. The lowest BCUT2D eigenvalue weighted by Crippen LogP contribution is -2.27. The molecule has 1 aromatic carbocycles. The zero-order chi connectivity index (χ0) is 22.0. The molecule has 7 nitrogen and oxygen atoms in total. The molecule has 4 rings (SSSR count). The molecule has 0 bridgehead atoms. The van der Waals surface area contributed by atoms with Gasteiger partial charge in [0.15, 0.2) is 6.61 Å². The largest absolute Gasteiger partial charge is 0.454 e. The van der Waals surface area contributed by atoms with E-state index < -0.39 is 12.6 Å². The van der Waals surface area contributed by atoms with Crippen LogP contribution in [0.2, 0.25) is 0 Å². The maximum Gasteiger partial charge on any atom is 0.340 e. The summed E-state index contributed by atoms with van der Waals surface area (Å²) in [6.07, 6.45) is 4.05. The van der Waals surface area contributed by atoms with E-state index in [2.05, 4.69) is 9.97 Å². The van der Waals surface area contributed by atoms with Gasteiger partial charge in [0.25, 0.3) is 5.91 Å². The number of hydrogen-bond donors (Lipinski definition) is 1. The zero-order valence-electron chi connectivity index (χ0n) is 17.7. The van der Waals surface area contributed by atoms with Crippen molar-refractivity contribution in [2.75, 3.05) is 19.7 Å². The number of benzene rings is 1. The molecular formula is C24H25N3O4. The van der Waals surface area contributed by atoms with Crippen molar-refractivity contribution in [3.8, 4) is 0 Å². The average Bonchev–Trinajstić information content (AvgIpc) is 3.49. The van der Waals surface area contributed by atoms with Crippen LogP contribution in [-0.2, 0) is 11.2 Å². The van der Waals surface area contributed by atoms with E-state index >= 15 is 0 Å². The Hall–Kier alpha value is -3.48. The number of rotatable bonds is 6. The van der Waals surface area contributed by atoms with Crippen LogP contribution in [-0.4, -0.2) is 52.2 Å². The molecule has 0 radical (unpaired) electrons. The van der Waals surface area contributed by atoms with Gasteiger partial charge in [0.05, 0.1) is 16.8 Å². The maximum absolute atomic E-state index is 12.8. The molecule has 7 heteroatoms. The SMILES string of the molecule is CCc1nc2ccccc2c(C)c1C(=O)OCC(=O)c1c[nH]c(C(=O)N2CCCC2)c1. The zero-order valence-corrected chi connectivity index (χ0v) is 17.7. The molecule has 1 aliphatic rings. The lowest BCUT2D eigenvalue weighted by Gasteiger charge is -2.13.